The molecule has 3 atom stereocenters. The highest BCUT2D eigenvalue weighted by Crippen LogP contribution is 2.31. The van der Waals surface area contributed by atoms with Crippen molar-refractivity contribution in [1.82, 2.24) is 24.7 Å². The monoisotopic (exact) mass is 671 g/mol. The smallest absolute Gasteiger partial charge is 0.245 e. The van der Waals surface area contributed by atoms with Gasteiger partial charge in [-0.25, -0.2) is 12.7 Å². The molecule has 0 bridgehead atoms. The van der Waals surface area contributed by atoms with E-state index in [1.54, 1.807) is 4.31 Å². The van der Waals surface area contributed by atoms with Gasteiger partial charge in [-0.05, 0) is 60.5 Å². The predicted octanol–water partition coefficient (Wildman–Crippen LogP) is 4.02. The highest BCUT2D eigenvalue weighted by molar-refractivity contribution is 7.88. The molecule has 5 rings (SSSR count). The summed E-state index contributed by atoms with van der Waals surface area (Å²) >= 11 is 6.13. The summed E-state index contributed by atoms with van der Waals surface area (Å²) in [4.78, 5) is 31.9. The first-order valence-corrected chi connectivity index (χ1v) is 19.2. The Morgan fingerprint density at radius 2 is 1.72 bits per heavy atom. The van der Waals surface area contributed by atoms with Crippen LogP contribution in [-0.2, 0) is 32.5 Å². The van der Waals surface area contributed by atoms with E-state index in [2.05, 4.69) is 27.7 Å². The van der Waals surface area contributed by atoms with E-state index in [-0.39, 0.29) is 30.3 Å². The zero-order valence-corrected chi connectivity index (χ0v) is 28.9. The highest BCUT2D eigenvalue weighted by Gasteiger charge is 2.36. The Balaban J connectivity index is 1.27. The number of hydrogen-bond acceptors (Lipinski definition) is 6. The van der Waals surface area contributed by atoms with Crippen LogP contribution < -0.4 is 10.6 Å². The lowest BCUT2D eigenvalue weighted by Crippen LogP contribution is -2.59. The van der Waals surface area contributed by atoms with Gasteiger partial charge in [-0.2, -0.15) is 0 Å². The van der Waals surface area contributed by atoms with Crippen LogP contribution in [0.4, 0.5) is 0 Å². The summed E-state index contributed by atoms with van der Waals surface area (Å²) in [6.45, 7) is 6.09. The maximum absolute atomic E-state index is 14.1. The van der Waals surface area contributed by atoms with Crippen molar-refractivity contribution in [2.75, 3.05) is 52.1 Å². The summed E-state index contributed by atoms with van der Waals surface area (Å²) in [5.41, 5.74) is 3.34. The molecular weight excluding hydrogens is 622 g/mol. The normalized spacial score (nSPS) is 21.0. The van der Waals surface area contributed by atoms with Gasteiger partial charge in [0.25, 0.3) is 0 Å². The number of likely N-dealkylation sites (N-methyl/N-ethyl adjacent to an activating group) is 1. The maximum atomic E-state index is 14.1. The van der Waals surface area contributed by atoms with E-state index in [9.17, 15) is 18.0 Å². The van der Waals surface area contributed by atoms with Crippen molar-refractivity contribution in [3.05, 3.63) is 70.2 Å². The minimum absolute atomic E-state index is 0.0829. The van der Waals surface area contributed by atoms with Crippen molar-refractivity contribution in [2.24, 2.45) is 5.92 Å². The maximum Gasteiger partial charge on any atom is 0.245 e. The lowest BCUT2D eigenvalue weighted by Gasteiger charge is -2.45. The minimum atomic E-state index is -3.31. The summed E-state index contributed by atoms with van der Waals surface area (Å²) in [5.74, 6) is 0.209. The van der Waals surface area contributed by atoms with Crippen LogP contribution in [0.2, 0.25) is 5.02 Å². The molecule has 0 spiro atoms. The Bertz CT molecular complexity index is 1420. The fraction of sp³-hybridized carbons (Fsp3) is 0.600. The van der Waals surface area contributed by atoms with Gasteiger partial charge in [-0.3, -0.25) is 14.5 Å². The molecule has 11 heteroatoms. The zero-order chi connectivity index (χ0) is 32.7. The van der Waals surface area contributed by atoms with Gasteiger partial charge in [0.1, 0.15) is 6.04 Å². The van der Waals surface area contributed by atoms with Crippen LogP contribution in [0.1, 0.15) is 68.2 Å². The van der Waals surface area contributed by atoms with E-state index in [1.807, 2.05) is 48.2 Å². The first-order valence-electron chi connectivity index (χ1n) is 16.9. The molecule has 1 aliphatic carbocycles. The molecule has 252 valence electrons. The van der Waals surface area contributed by atoms with Gasteiger partial charge in [0, 0.05) is 69.2 Å². The Morgan fingerprint density at radius 1 is 1.02 bits per heavy atom. The molecular formula is C35H50ClN5O4S. The number of nitrogens with zero attached hydrogens (tertiary/aromatic N) is 3. The Morgan fingerprint density at radius 3 is 2.39 bits per heavy atom. The fourth-order valence-electron chi connectivity index (χ4n) is 7.55. The molecule has 3 aliphatic rings. The van der Waals surface area contributed by atoms with Crippen LogP contribution in [0.15, 0.2) is 48.5 Å². The third-order valence-corrected chi connectivity index (χ3v) is 11.7. The fourth-order valence-corrected chi connectivity index (χ4v) is 8.57. The second-order valence-corrected chi connectivity index (χ2v) is 15.6. The molecule has 2 aliphatic heterocycles. The number of fused-ring (bicyclic) bond motifs is 1. The van der Waals surface area contributed by atoms with E-state index >= 15 is 0 Å². The van der Waals surface area contributed by atoms with Crippen molar-refractivity contribution < 1.29 is 18.0 Å². The molecule has 2 amide bonds. The third kappa shape index (κ3) is 9.10. The lowest BCUT2D eigenvalue weighted by atomic mass is 9.83. The highest BCUT2D eigenvalue weighted by atomic mass is 35.5. The van der Waals surface area contributed by atoms with Crippen LogP contribution >= 0.6 is 11.6 Å². The second kappa shape index (κ2) is 16.1. The van der Waals surface area contributed by atoms with Crippen molar-refractivity contribution in [1.29, 1.82) is 0 Å². The van der Waals surface area contributed by atoms with E-state index in [4.69, 9.17) is 11.6 Å². The van der Waals surface area contributed by atoms with Crippen LogP contribution in [0.25, 0.3) is 0 Å². The number of rotatable bonds is 12. The largest absolute Gasteiger partial charge is 0.344 e. The van der Waals surface area contributed by atoms with Crippen LogP contribution in [-0.4, -0.2) is 98.5 Å². The molecule has 2 N–H and O–H groups in total. The molecule has 2 fully saturated rings. The molecule has 2 aromatic carbocycles. The van der Waals surface area contributed by atoms with Gasteiger partial charge < -0.3 is 15.5 Å². The van der Waals surface area contributed by atoms with Crippen molar-refractivity contribution in [3.63, 3.8) is 0 Å². The number of amides is 2. The minimum Gasteiger partial charge on any atom is -0.344 e. The van der Waals surface area contributed by atoms with E-state index in [1.165, 1.54) is 31.1 Å². The van der Waals surface area contributed by atoms with Gasteiger partial charge >= 0.3 is 0 Å². The summed E-state index contributed by atoms with van der Waals surface area (Å²) in [5, 5.41) is 7.20. The standard InChI is InChI=1S/C35H50ClN5O4S/c1-3-41(46(2,44)45)25-33(28-10-5-4-6-11-28)39-19-21-40(22-20-39)35(43)32(23-26-13-15-29(36)16-14-26)38-34(42)24-31-30-12-8-7-9-27(30)17-18-37-31/h7-9,12-16,28,31-33,37H,3-6,10-11,17-25H2,1-2H3,(H,38,42). The van der Waals surface area contributed by atoms with Crippen molar-refractivity contribution in [2.45, 2.75) is 76.4 Å². The molecule has 1 saturated heterocycles. The predicted molar refractivity (Wildman–Crippen MR) is 183 cm³/mol. The second-order valence-electron chi connectivity index (χ2n) is 13.2. The van der Waals surface area contributed by atoms with Crippen LogP contribution in [0.5, 0.6) is 0 Å². The molecule has 1 saturated carbocycles. The lowest BCUT2D eigenvalue weighted by molar-refractivity contribution is -0.138. The van der Waals surface area contributed by atoms with Gasteiger partial charge in [-0.1, -0.05) is 74.2 Å². The number of carbonyl (C=O) groups excluding carboxylic acids is 2. The van der Waals surface area contributed by atoms with Crippen LogP contribution in [0.3, 0.4) is 0 Å². The van der Waals surface area contributed by atoms with Crippen molar-refractivity contribution >= 4 is 33.4 Å². The van der Waals surface area contributed by atoms with Gasteiger partial charge in [0.15, 0.2) is 0 Å². The van der Waals surface area contributed by atoms with E-state index in [0.717, 1.165) is 36.9 Å². The molecule has 0 aromatic heterocycles. The number of sulfonamides is 1. The zero-order valence-electron chi connectivity index (χ0n) is 27.3. The molecule has 0 radical (unpaired) electrons. The van der Waals surface area contributed by atoms with E-state index in [0.29, 0.717) is 56.6 Å². The molecule has 46 heavy (non-hydrogen) atoms. The number of benzene rings is 2. The van der Waals surface area contributed by atoms with Gasteiger partial charge in [0.2, 0.25) is 21.8 Å². The average molecular weight is 672 g/mol. The number of nitrogens with one attached hydrogen (secondary N) is 2. The van der Waals surface area contributed by atoms with Gasteiger partial charge in [-0.15, -0.1) is 0 Å². The molecule has 2 aromatic rings. The van der Waals surface area contributed by atoms with E-state index < -0.39 is 16.1 Å². The topological polar surface area (TPSA) is 102 Å². The Kier molecular flexibility index (Phi) is 12.2. The average Bonchev–Trinajstić information content (AvgIpc) is 3.06. The van der Waals surface area contributed by atoms with Crippen molar-refractivity contribution in [3.8, 4) is 0 Å². The summed E-state index contributed by atoms with van der Waals surface area (Å²) < 4.78 is 26.7. The Labute approximate surface area is 280 Å². The first-order chi connectivity index (χ1) is 22.1. The van der Waals surface area contributed by atoms with Crippen LogP contribution in [0, 0.1) is 5.92 Å². The molecule has 2 heterocycles. The SMILES string of the molecule is CCN(CC(C1CCCCC1)N1CCN(C(=O)C(Cc2ccc(Cl)cc2)NC(=O)CC2NCCc3ccccc32)CC1)S(C)(=O)=O. The third-order valence-electron chi connectivity index (χ3n) is 10.1. The molecule has 9 nitrogen and oxygen atoms in total. The Hall–Kier alpha value is -2.50. The summed E-state index contributed by atoms with van der Waals surface area (Å²) in [6.07, 6.45) is 8.68. The van der Waals surface area contributed by atoms with Gasteiger partial charge in [0.05, 0.1) is 6.26 Å². The molecule has 3 unspecified atom stereocenters. The number of halogens is 1. The number of carbonyl (C=O) groups is 2. The first kappa shape index (κ1) is 34.8. The summed E-state index contributed by atoms with van der Waals surface area (Å²) in [7, 11) is -3.31. The number of piperazine rings is 1. The number of hydrogen-bond donors (Lipinski definition) is 2. The quantitative estimate of drug-likeness (QED) is 0.354. The summed E-state index contributed by atoms with van der Waals surface area (Å²) in [6, 6.07) is 15.0.